The van der Waals surface area contributed by atoms with E-state index in [4.69, 9.17) is 9.47 Å². The molecule has 8 heteroatoms. The lowest BCUT2D eigenvalue weighted by atomic mass is 9.94. The highest BCUT2D eigenvalue weighted by molar-refractivity contribution is 5.91. The fourth-order valence-corrected chi connectivity index (χ4v) is 4.89. The Labute approximate surface area is 228 Å². The van der Waals surface area contributed by atoms with Crippen molar-refractivity contribution in [2.24, 2.45) is 0 Å². The van der Waals surface area contributed by atoms with E-state index in [2.05, 4.69) is 5.32 Å². The molecule has 3 aromatic carbocycles. The normalized spacial score (nSPS) is 17.0. The van der Waals surface area contributed by atoms with E-state index >= 15 is 0 Å². The molecule has 7 nitrogen and oxygen atoms in total. The largest absolute Gasteiger partial charge is 0.478 e. The number of amides is 2. The molecule has 0 aliphatic heterocycles. The number of aromatic carboxylic acids is 1. The van der Waals surface area contributed by atoms with Gasteiger partial charge in [-0.3, -0.25) is 0 Å². The van der Waals surface area contributed by atoms with Crippen molar-refractivity contribution in [3.8, 4) is 0 Å². The first-order valence-electron chi connectivity index (χ1n) is 13.3. The van der Waals surface area contributed by atoms with E-state index in [0.717, 1.165) is 30.4 Å². The van der Waals surface area contributed by atoms with Crippen molar-refractivity contribution >= 4 is 17.7 Å². The molecule has 1 aliphatic carbocycles. The van der Waals surface area contributed by atoms with E-state index < -0.39 is 5.97 Å². The quantitative estimate of drug-likeness (QED) is 0.297. The van der Waals surface area contributed by atoms with Crippen LogP contribution in [0, 0.1) is 12.7 Å². The molecule has 1 aliphatic rings. The van der Waals surface area contributed by atoms with Crippen LogP contribution in [-0.2, 0) is 22.6 Å². The Morgan fingerprint density at radius 1 is 0.974 bits per heavy atom. The minimum Gasteiger partial charge on any atom is -0.478 e. The van der Waals surface area contributed by atoms with Gasteiger partial charge in [-0.1, -0.05) is 48.5 Å². The molecule has 4 rings (SSSR count). The van der Waals surface area contributed by atoms with Crippen LogP contribution >= 0.6 is 0 Å². The van der Waals surface area contributed by atoms with Crippen LogP contribution in [0.25, 0.3) is 0 Å². The van der Waals surface area contributed by atoms with E-state index in [1.807, 2.05) is 36.4 Å². The number of benzene rings is 3. The molecule has 2 atom stereocenters. The molecular formula is C31H35FN2O5. The zero-order valence-electron chi connectivity index (χ0n) is 22.1. The summed E-state index contributed by atoms with van der Waals surface area (Å²) in [5, 5.41) is 12.4. The van der Waals surface area contributed by atoms with E-state index in [9.17, 15) is 19.1 Å². The standard InChI is InChI=1S/C31H35FN2O5/c1-22-7-5-10-24(29(22)30(35)36)21-39-28-12-6-11-27(19-28)38-18-17-34(20-23-8-3-2-4-9-23)31(37)33-26-15-13-25(32)14-16-26/h2-5,7-10,13-16,27-28H,6,11-12,17-21H2,1H3,(H,33,37)(H,35,36)/t27-,28?/m0/s1. The average molecular weight is 535 g/mol. The Hall–Kier alpha value is -3.75. The van der Waals surface area contributed by atoms with Gasteiger partial charge in [0.15, 0.2) is 0 Å². The molecule has 206 valence electrons. The molecule has 0 heterocycles. The van der Waals surface area contributed by atoms with Crippen molar-refractivity contribution in [3.63, 3.8) is 0 Å². The van der Waals surface area contributed by atoms with Gasteiger partial charge in [-0.2, -0.15) is 0 Å². The number of ether oxygens (including phenoxy) is 2. The number of carboxylic acid groups (broad SMARTS) is 1. The van der Waals surface area contributed by atoms with Crippen molar-refractivity contribution in [2.75, 3.05) is 18.5 Å². The Bertz CT molecular complexity index is 1240. The first kappa shape index (κ1) is 28.3. The molecule has 2 amide bonds. The number of nitrogens with one attached hydrogen (secondary N) is 1. The number of carbonyl (C=O) groups excluding carboxylic acids is 1. The zero-order valence-corrected chi connectivity index (χ0v) is 22.1. The zero-order chi connectivity index (χ0) is 27.6. The number of urea groups is 1. The molecule has 3 aromatic rings. The summed E-state index contributed by atoms with van der Waals surface area (Å²) in [6, 6.07) is 20.5. The van der Waals surface area contributed by atoms with Gasteiger partial charge in [0.2, 0.25) is 0 Å². The molecule has 0 aromatic heterocycles. The summed E-state index contributed by atoms with van der Waals surface area (Å²) >= 11 is 0. The SMILES string of the molecule is Cc1cccc(COC2CCC[C@H](OCCN(Cc3ccccc3)C(=O)Nc3ccc(F)cc3)C2)c1C(=O)O. The lowest BCUT2D eigenvalue weighted by Gasteiger charge is -2.30. The lowest BCUT2D eigenvalue weighted by molar-refractivity contribution is -0.0524. The van der Waals surface area contributed by atoms with Gasteiger partial charge >= 0.3 is 12.0 Å². The second-order valence-corrected chi connectivity index (χ2v) is 9.85. The second kappa shape index (κ2) is 13.9. The number of hydrogen-bond acceptors (Lipinski definition) is 4. The fraction of sp³-hybridized carbons (Fsp3) is 0.355. The molecule has 0 radical (unpaired) electrons. The molecule has 0 bridgehead atoms. The van der Waals surface area contributed by atoms with Gasteiger partial charge in [-0.15, -0.1) is 0 Å². The minimum atomic E-state index is -0.944. The van der Waals surface area contributed by atoms with Gasteiger partial charge in [0.1, 0.15) is 5.82 Å². The molecule has 1 fully saturated rings. The predicted molar refractivity (Wildman–Crippen MR) is 147 cm³/mol. The highest BCUT2D eigenvalue weighted by atomic mass is 19.1. The maximum atomic E-state index is 13.3. The number of nitrogens with zero attached hydrogens (tertiary/aromatic N) is 1. The summed E-state index contributed by atoms with van der Waals surface area (Å²) in [5.41, 5.74) is 3.21. The first-order valence-corrected chi connectivity index (χ1v) is 13.3. The number of anilines is 1. The molecule has 1 saturated carbocycles. The van der Waals surface area contributed by atoms with E-state index in [1.54, 1.807) is 24.0 Å². The lowest BCUT2D eigenvalue weighted by Crippen LogP contribution is -2.38. The number of hydrogen-bond donors (Lipinski definition) is 2. The molecule has 0 saturated heterocycles. The van der Waals surface area contributed by atoms with Crippen LogP contribution in [0.1, 0.15) is 52.7 Å². The predicted octanol–water partition coefficient (Wildman–Crippen LogP) is 6.41. The third-order valence-corrected chi connectivity index (χ3v) is 6.94. The van der Waals surface area contributed by atoms with E-state index in [1.165, 1.54) is 24.3 Å². The van der Waals surface area contributed by atoms with Crippen molar-refractivity contribution in [2.45, 2.75) is 58.0 Å². The summed E-state index contributed by atoms with van der Waals surface area (Å²) in [6.45, 7) is 3.20. The third kappa shape index (κ3) is 8.37. The summed E-state index contributed by atoms with van der Waals surface area (Å²) in [6.07, 6.45) is 3.45. The molecule has 39 heavy (non-hydrogen) atoms. The number of aryl methyl sites for hydroxylation is 1. The van der Waals surface area contributed by atoms with Crippen molar-refractivity contribution in [3.05, 3.63) is 101 Å². The molecule has 1 unspecified atom stereocenters. The van der Waals surface area contributed by atoms with Crippen molar-refractivity contribution in [1.82, 2.24) is 4.90 Å². The summed E-state index contributed by atoms with van der Waals surface area (Å²) in [4.78, 5) is 26.4. The van der Waals surface area contributed by atoms with E-state index in [0.29, 0.717) is 42.9 Å². The van der Waals surface area contributed by atoms with Crippen LogP contribution in [0.2, 0.25) is 0 Å². The van der Waals surface area contributed by atoms with Crippen LogP contribution in [0.4, 0.5) is 14.9 Å². The minimum absolute atomic E-state index is 0.000983. The molecule has 2 N–H and O–H groups in total. The summed E-state index contributed by atoms with van der Waals surface area (Å²) < 4.78 is 25.6. The van der Waals surface area contributed by atoms with Gasteiger partial charge in [0.25, 0.3) is 0 Å². The number of carbonyl (C=O) groups is 2. The van der Waals surface area contributed by atoms with Crippen LogP contribution in [0.15, 0.2) is 72.8 Å². The number of carboxylic acids is 1. The van der Waals surface area contributed by atoms with Crippen LogP contribution < -0.4 is 5.32 Å². The Morgan fingerprint density at radius 3 is 2.41 bits per heavy atom. The van der Waals surface area contributed by atoms with Crippen LogP contribution in [0.5, 0.6) is 0 Å². The highest BCUT2D eigenvalue weighted by Crippen LogP contribution is 2.25. The van der Waals surface area contributed by atoms with Crippen molar-refractivity contribution in [1.29, 1.82) is 0 Å². The monoisotopic (exact) mass is 534 g/mol. The van der Waals surface area contributed by atoms with Gasteiger partial charge in [-0.05, 0) is 73.6 Å². The van der Waals surface area contributed by atoms with Crippen molar-refractivity contribution < 1.29 is 28.6 Å². The topological polar surface area (TPSA) is 88.1 Å². The van der Waals surface area contributed by atoms with Crippen LogP contribution in [-0.4, -0.2) is 47.4 Å². The smallest absolute Gasteiger partial charge is 0.336 e. The number of rotatable bonds is 11. The fourth-order valence-electron chi connectivity index (χ4n) is 4.89. The Balaban J connectivity index is 1.30. The molecular weight excluding hydrogens is 499 g/mol. The van der Waals surface area contributed by atoms with Gasteiger partial charge < -0.3 is 24.8 Å². The third-order valence-electron chi connectivity index (χ3n) is 6.94. The summed E-state index contributed by atoms with van der Waals surface area (Å²) in [5.74, 6) is -1.31. The Kier molecular flexibility index (Phi) is 10.1. The first-order chi connectivity index (χ1) is 18.9. The Morgan fingerprint density at radius 2 is 1.69 bits per heavy atom. The number of halogens is 1. The van der Waals surface area contributed by atoms with E-state index in [-0.39, 0.29) is 30.7 Å². The highest BCUT2D eigenvalue weighted by Gasteiger charge is 2.25. The maximum absolute atomic E-state index is 13.3. The summed E-state index contributed by atoms with van der Waals surface area (Å²) in [7, 11) is 0. The second-order valence-electron chi connectivity index (χ2n) is 9.85. The van der Waals surface area contributed by atoms with Crippen LogP contribution in [0.3, 0.4) is 0 Å². The van der Waals surface area contributed by atoms with Gasteiger partial charge in [0.05, 0.1) is 31.0 Å². The molecule has 0 spiro atoms. The van der Waals surface area contributed by atoms with Gasteiger partial charge in [-0.25, -0.2) is 14.0 Å². The van der Waals surface area contributed by atoms with Gasteiger partial charge in [0, 0.05) is 18.8 Å². The average Bonchev–Trinajstić information content (AvgIpc) is 2.93. The maximum Gasteiger partial charge on any atom is 0.336 e.